The number of amides is 2. The molecular weight excluding hydrogens is 458 g/mol. The maximum absolute atomic E-state index is 12.6. The van der Waals surface area contributed by atoms with E-state index in [2.05, 4.69) is 20.5 Å². The average molecular weight is 486 g/mol. The highest BCUT2D eigenvalue weighted by Gasteiger charge is 2.35. The van der Waals surface area contributed by atoms with E-state index in [4.69, 9.17) is 4.52 Å². The van der Waals surface area contributed by atoms with Crippen LogP contribution >= 0.6 is 0 Å². The number of hydrogen-bond donors (Lipinski definition) is 0. The molecule has 2 aromatic heterocycles. The first kappa shape index (κ1) is 22.4. The van der Waals surface area contributed by atoms with Gasteiger partial charge in [0.15, 0.2) is 0 Å². The van der Waals surface area contributed by atoms with Gasteiger partial charge in [-0.05, 0) is 50.1 Å². The molecule has 2 aliphatic heterocycles. The maximum atomic E-state index is 12.6. The van der Waals surface area contributed by atoms with Gasteiger partial charge in [-0.2, -0.15) is 4.98 Å². The van der Waals surface area contributed by atoms with Crippen LogP contribution in [0.25, 0.3) is 22.4 Å². The third-order valence-corrected chi connectivity index (χ3v) is 7.03. The first-order valence-electron chi connectivity index (χ1n) is 12.4. The highest BCUT2D eigenvalue weighted by atomic mass is 16.5. The highest BCUT2D eigenvalue weighted by Crippen LogP contribution is 2.32. The first-order valence-corrected chi connectivity index (χ1v) is 12.4. The topological polar surface area (TPSA) is 110 Å². The van der Waals surface area contributed by atoms with Crippen molar-refractivity contribution < 1.29 is 14.1 Å². The van der Waals surface area contributed by atoms with E-state index in [9.17, 15) is 9.59 Å². The summed E-state index contributed by atoms with van der Waals surface area (Å²) in [6.07, 6.45) is 2.91. The van der Waals surface area contributed by atoms with Crippen LogP contribution in [0.5, 0.6) is 0 Å². The van der Waals surface area contributed by atoms with Crippen LogP contribution in [0.3, 0.4) is 0 Å². The normalized spacial score (nSPS) is 18.0. The lowest BCUT2D eigenvalue weighted by molar-refractivity contribution is -0.130. The lowest BCUT2D eigenvalue weighted by atomic mass is 10.1. The monoisotopic (exact) mass is 485 g/mol. The number of rotatable bonds is 6. The van der Waals surface area contributed by atoms with Crippen LogP contribution in [-0.2, 0) is 16.1 Å². The van der Waals surface area contributed by atoms with Crippen molar-refractivity contribution in [1.29, 1.82) is 0 Å². The predicted octanol–water partition coefficient (Wildman–Crippen LogP) is 3.32. The second kappa shape index (κ2) is 9.18. The Bertz CT molecular complexity index is 1420. The molecule has 0 saturated carbocycles. The van der Waals surface area contributed by atoms with Gasteiger partial charge in [-0.25, -0.2) is 4.68 Å². The number of hydrogen-bond acceptors (Lipinski definition) is 7. The Morgan fingerprint density at radius 2 is 1.92 bits per heavy atom. The zero-order valence-corrected chi connectivity index (χ0v) is 20.1. The van der Waals surface area contributed by atoms with Crippen molar-refractivity contribution in [2.24, 2.45) is 0 Å². The van der Waals surface area contributed by atoms with E-state index in [1.54, 1.807) is 9.58 Å². The smallest absolute Gasteiger partial charge is 0.232 e. The van der Waals surface area contributed by atoms with Gasteiger partial charge in [0.05, 0.1) is 18.0 Å². The Hall–Kier alpha value is -4.08. The SMILES string of the molecule is Cc1ccc(N2C[C@H](c3nc(-c4ccc5c(c4)nnn5CCC(=O)N4CCCC4)no3)CC2=O)cc1. The molecule has 0 bridgehead atoms. The Kier molecular flexibility index (Phi) is 5.71. The van der Waals surface area contributed by atoms with Gasteiger partial charge >= 0.3 is 0 Å². The van der Waals surface area contributed by atoms with Crippen LogP contribution in [0.4, 0.5) is 5.69 Å². The summed E-state index contributed by atoms with van der Waals surface area (Å²) < 4.78 is 7.32. The van der Waals surface area contributed by atoms with Crippen LogP contribution in [0.1, 0.15) is 43.1 Å². The Balaban J connectivity index is 1.15. The van der Waals surface area contributed by atoms with E-state index < -0.39 is 0 Å². The molecule has 2 saturated heterocycles. The molecule has 36 heavy (non-hydrogen) atoms. The third-order valence-electron chi connectivity index (χ3n) is 7.03. The average Bonchev–Trinajstić information content (AvgIpc) is 3.69. The van der Waals surface area contributed by atoms with Crippen LogP contribution in [0.15, 0.2) is 47.0 Å². The van der Waals surface area contributed by atoms with Crippen LogP contribution in [0, 0.1) is 6.92 Å². The zero-order valence-electron chi connectivity index (χ0n) is 20.1. The zero-order chi connectivity index (χ0) is 24.6. The summed E-state index contributed by atoms with van der Waals surface area (Å²) in [7, 11) is 0. The minimum absolute atomic E-state index is 0.0462. The summed E-state index contributed by atoms with van der Waals surface area (Å²) in [6, 6.07) is 13.6. The molecule has 0 aliphatic carbocycles. The number of aromatic nitrogens is 5. The van der Waals surface area contributed by atoms with Gasteiger partial charge in [-0.1, -0.05) is 28.1 Å². The number of fused-ring (bicyclic) bond motifs is 1. The number of nitrogens with zero attached hydrogens (tertiary/aromatic N) is 7. The molecule has 6 rings (SSSR count). The molecular formula is C26H27N7O3. The minimum Gasteiger partial charge on any atom is -0.343 e. The Morgan fingerprint density at radius 1 is 1.11 bits per heavy atom. The quantitative estimate of drug-likeness (QED) is 0.412. The lowest BCUT2D eigenvalue weighted by Gasteiger charge is -2.16. The van der Waals surface area contributed by atoms with Gasteiger partial charge in [-0.3, -0.25) is 9.59 Å². The van der Waals surface area contributed by atoms with Gasteiger partial charge < -0.3 is 14.3 Å². The molecule has 4 aromatic rings. The van der Waals surface area contributed by atoms with Crippen molar-refractivity contribution in [2.75, 3.05) is 24.5 Å². The van der Waals surface area contributed by atoms with E-state index in [1.165, 1.54) is 0 Å². The molecule has 184 valence electrons. The molecule has 2 aromatic carbocycles. The van der Waals surface area contributed by atoms with Gasteiger partial charge in [0.1, 0.15) is 5.52 Å². The third kappa shape index (κ3) is 4.23. The van der Waals surface area contributed by atoms with Crippen molar-refractivity contribution in [3.8, 4) is 11.4 Å². The molecule has 2 aliphatic rings. The summed E-state index contributed by atoms with van der Waals surface area (Å²) in [5.74, 6) is 0.963. The summed E-state index contributed by atoms with van der Waals surface area (Å²) in [5, 5.41) is 12.7. The van der Waals surface area contributed by atoms with E-state index in [0.717, 1.165) is 48.3 Å². The number of carbonyl (C=O) groups is 2. The molecule has 0 spiro atoms. The van der Waals surface area contributed by atoms with Crippen molar-refractivity contribution in [3.63, 3.8) is 0 Å². The number of likely N-dealkylation sites (tertiary alicyclic amines) is 1. The van der Waals surface area contributed by atoms with Crippen LogP contribution in [0.2, 0.25) is 0 Å². The summed E-state index contributed by atoms with van der Waals surface area (Å²) in [5.41, 5.74) is 4.35. The molecule has 2 amide bonds. The van der Waals surface area contributed by atoms with Crippen LogP contribution in [-0.4, -0.2) is 61.5 Å². The van der Waals surface area contributed by atoms with Crippen molar-refractivity contribution in [2.45, 2.75) is 45.1 Å². The molecule has 2 fully saturated rings. The fourth-order valence-corrected chi connectivity index (χ4v) is 4.97. The number of anilines is 1. The minimum atomic E-state index is -0.155. The van der Waals surface area contributed by atoms with Gasteiger partial charge in [-0.15, -0.1) is 5.10 Å². The van der Waals surface area contributed by atoms with Gasteiger partial charge in [0, 0.05) is 43.7 Å². The molecule has 0 N–H and O–H groups in total. The molecule has 10 nitrogen and oxygen atoms in total. The molecule has 0 radical (unpaired) electrons. The Labute approximate surface area is 207 Å². The summed E-state index contributed by atoms with van der Waals surface area (Å²) >= 11 is 0. The molecule has 10 heteroatoms. The van der Waals surface area contributed by atoms with E-state index in [1.807, 2.05) is 54.3 Å². The second-order valence-corrected chi connectivity index (χ2v) is 9.55. The summed E-state index contributed by atoms with van der Waals surface area (Å²) in [4.78, 5) is 33.3. The maximum Gasteiger partial charge on any atom is 0.232 e. The van der Waals surface area contributed by atoms with Crippen molar-refractivity contribution >= 4 is 28.5 Å². The standard InChI is InChI=1S/C26H27N7O3/c1-17-4-7-20(8-5-17)32-16-19(15-24(32)35)26-27-25(29-36-26)18-6-9-22-21(14-18)28-30-33(22)13-10-23(34)31-11-2-3-12-31/h4-9,14,19H,2-3,10-13,15-16H2,1H3/t19-/m1/s1. The van der Waals surface area contributed by atoms with E-state index in [0.29, 0.717) is 43.2 Å². The summed E-state index contributed by atoms with van der Waals surface area (Å²) in [6.45, 7) is 4.72. The lowest BCUT2D eigenvalue weighted by Crippen LogP contribution is -2.28. The fraction of sp³-hybridized carbons (Fsp3) is 0.385. The van der Waals surface area contributed by atoms with Crippen molar-refractivity contribution in [3.05, 3.63) is 53.9 Å². The number of benzene rings is 2. The molecule has 1 atom stereocenters. The molecule has 0 unspecified atom stereocenters. The Morgan fingerprint density at radius 3 is 2.72 bits per heavy atom. The van der Waals surface area contributed by atoms with Crippen LogP contribution < -0.4 is 4.90 Å². The largest absolute Gasteiger partial charge is 0.343 e. The first-order chi connectivity index (χ1) is 17.5. The van der Waals surface area contributed by atoms with Gasteiger partial charge in [0.2, 0.25) is 23.5 Å². The fourth-order valence-electron chi connectivity index (χ4n) is 4.97. The number of carbonyl (C=O) groups excluding carboxylic acids is 2. The number of aryl methyl sites for hydroxylation is 2. The highest BCUT2D eigenvalue weighted by molar-refractivity contribution is 5.96. The van der Waals surface area contributed by atoms with Gasteiger partial charge in [0.25, 0.3) is 0 Å². The molecule has 4 heterocycles. The second-order valence-electron chi connectivity index (χ2n) is 9.55. The van der Waals surface area contributed by atoms with E-state index in [-0.39, 0.29) is 17.7 Å². The predicted molar refractivity (Wildman–Crippen MR) is 132 cm³/mol. The van der Waals surface area contributed by atoms with E-state index >= 15 is 0 Å². The van der Waals surface area contributed by atoms with Crippen molar-refractivity contribution in [1.82, 2.24) is 30.0 Å².